The first-order valence-corrected chi connectivity index (χ1v) is 8.62. The van der Waals surface area contributed by atoms with Gasteiger partial charge in [0, 0.05) is 29.5 Å². The van der Waals surface area contributed by atoms with Crippen molar-refractivity contribution in [3.05, 3.63) is 36.0 Å². The van der Waals surface area contributed by atoms with Crippen LogP contribution in [0, 0.1) is 11.3 Å². The number of benzene rings is 1. The number of rotatable bonds is 4. The van der Waals surface area contributed by atoms with E-state index in [0.29, 0.717) is 11.5 Å². The van der Waals surface area contributed by atoms with Crippen LogP contribution in [0.15, 0.2) is 30.5 Å². The second kappa shape index (κ2) is 5.88. The van der Waals surface area contributed by atoms with Gasteiger partial charge in [-0.05, 0) is 30.7 Å². The van der Waals surface area contributed by atoms with E-state index in [1.165, 1.54) is 0 Å². The van der Waals surface area contributed by atoms with Crippen molar-refractivity contribution in [2.45, 2.75) is 32.4 Å². The minimum Gasteiger partial charge on any atom is -0.497 e. The van der Waals surface area contributed by atoms with Crippen molar-refractivity contribution in [2.75, 3.05) is 13.7 Å². The fraction of sp³-hybridized carbons (Fsp3) is 0.474. The van der Waals surface area contributed by atoms with Gasteiger partial charge in [-0.1, -0.05) is 13.8 Å². The van der Waals surface area contributed by atoms with Crippen molar-refractivity contribution < 1.29 is 14.3 Å². The lowest BCUT2D eigenvalue weighted by Gasteiger charge is -2.54. The Morgan fingerprint density at radius 1 is 1.36 bits per heavy atom. The maximum Gasteiger partial charge on any atom is 0.255 e. The highest BCUT2D eigenvalue weighted by Crippen LogP contribution is 2.52. The highest BCUT2D eigenvalue weighted by molar-refractivity contribution is 6.00. The molecule has 1 aromatic heterocycles. The number of H-pyrrole nitrogens is 1. The molecule has 1 aromatic carbocycles. The van der Waals surface area contributed by atoms with Crippen LogP contribution in [-0.2, 0) is 4.74 Å². The molecule has 1 aliphatic heterocycles. The molecule has 1 saturated carbocycles. The molecule has 1 amide bonds. The van der Waals surface area contributed by atoms with Crippen LogP contribution in [0.25, 0.3) is 11.3 Å². The van der Waals surface area contributed by atoms with Crippen molar-refractivity contribution in [3.8, 4) is 17.0 Å². The smallest absolute Gasteiger partial charge is 0.255 e. The van der Waals surface area contributed by atoms with Gasteiger partial charge >= 0.3 is 0 Å². The number of aromatic amines is 1. The molecule has 132 valence electrons. The van der Waals surface area contributed by atoms with Gasteiger partial charge in [0.25, 0.3) is 5.91 Å². The highest BCUT2D eigenvalue weighted by Gasteiger charge is 2.59. The number of ether oxygens (including phenoxy) is 2. The summed E-state index contributed by atoms with van der Waals surface area (Å²) in [6, 6.07) is 7.70. The Labute approximate surface area is 146 Å². The van der Waals surface area contributed by atoms with Crippen molar-refractivity contribution >= 4 is 5.91 Å². The van der Waals surface area contributed by atoms with Gasteiger partial charge in [-0.3, -0.25) is 9.89 Å². The standard InChI is InChI=1S/C19H23N3O3/c1-19(2)16(13-8-9-25-17(13)19)21-18(23)14-10-20-22-15(14)11-4-6-12(24-3)7-5-11/h4-7,10,13,16-17H,8-9H2,1-3H3,(H,20,22)(H,21,23)/t13-,16+,17-/m0/s1. The maximum atomic E-state index is 12.9. The average Bonchev–Trinajstić information content (AvgIpc) is 3.28. The number of methoxy groups -OCH3 is 1. The summed E-state index contributed by atoms with van der Waals surface area (Å²) in [5, 5.41) is 10.2. The zero-order valence-electron chi connectivity index (χ0n) is 14.7. The van der Waals surface area contributed by atoms with E-state index in [1.54, 1.807) is 13.3 Å². The van der Waals surface area contributed by atoms with Crippen LogP contribution < -0.4 is 10.1 Å². The molecule has 2 aliphatic rings. The normalized spacial score (nSPS) is 26.6. The number of nitrogens with zero attached hydrogens (tertiary/aromatic N) is 1. The molecule has 2 N–H and O–H groups in total. The molecule has 0 spiro atoms. The molecule has 6 heteroatoms. The van der Waals surface area contributed by atoms with Crippen LogP contribution in [-0.4, -0.2) is 42.0 Å². The van der Waals surface area contributed by atoms with Crippen molar-refractivity contribution in [1.29, 1.82) is 0 Å². The number of hydrogen-bond donors (Lipinski definition) is 2. The maximum absolute atomic E-state index is 12.9. The van der Waals surface area contributed by atoms with Crippen molar-refractivity contribution in [1.82, 2.24) is 15.5 Å². The molecule has 2 heterocycles. The van der Waals surface area contributed by atoms with Crippen LogP contribution >= 0.6 is 0 Å². The Balaban J connectivity index is 1.54. The number of hydrogen-bond acceptors (Lipinski definition) is 4. The van der Waals surface area contributed by atoms with Crippen LogP contribution in [0.4, 0.5) is 0 Å². The molecule has 2 fully saturated rings. The van der Waals surface area contributed by atoms with Crippen LogP contribution in [0.2, 0.25) is 0 Å². The molecular formula is C19H23N3O3. The molecule has 25 heavy (non-hydrogen) atoms. The number of fused-ring (bicyclic) bond motifs is 1. The second-order valence-corrected chi connectivity index (χ2v) is 7.40. The van der Waals surface area contributed by atoms with Gasteiger partial charge in [0.2, 0.25) is 0 Å². The Bertz CT molecular complexity index is 781. The van der Waals surface area contributed by atoms with E-state index in [2.05, 4.69) is 29.4 Å². The van der Waals surface area contributed by atoms with E-state index in [9.17, 15) is 4.79 Å². The van der Waals surface area contributed by atoms with Gasteiger partial charge < -0.3 is 14.8 Å². The van der Waals surface area contributed by atoms with E-state index in [4.69, 9.17) is 9.47 Å². The summed E-state index contributed by atoms with van der Waals surface area (Å²) in [6.07, 6.45) is 2.85. The Morgan fingerprint density at radius 2 is 2.12 bits per heavy atom. The van der Waals surface area contributed by atoms with Crippen LogP contribution in [0.5, 0.6) is 5.75 Å². The number of nitrogens with one attached hydrogen (secondary N) is 2. The summed E-state index contributed by atoms with van der Waals surface area (Å²) < 4.78 is 11.0. The molecule has 4 rings (SSSR count). The van der Waals surface area contributed by atoms with Crippen molar-refractivity contribution in [2.24, 2.45) is 11.3 Å². The predicted molar refractivity (Wildman–Crippen MR) is 93.5 cm³/mol. The Morgan fingerprint density at radius 3 is 2.84 bits per heavy atom. The van der Waals surface area contributed by atoms with Gasteiger partial charge in [0.05, 0.1) is 30.7 Å². The number of carbonyl (C=O) groups is 1. The lowest BCUT2D eigenvalue weighted by Crippen LogP contribution is -2.66. The van der Waals surface area contributed by atoms with Gasteiger partial charge in [-0.15, -0.1) is 0 Å². The summed E-state index contributed by atoms with van der Waals surface area (Å²) >= 11 is 0. The van der Waals surface area contributed by atoms with Gasteiger partial charge in [0.15, 0.2) is 0 Å². The molecule has 2 aromatic rings. The van der Waals surface area contributed by atoms with E-state index < -0.39 is 0 Å². The van der Waals surface area contributed by atoms with Crippen LogP contribution in [0.3, 0.4) is 0 Å². The molecule has 0 bridgehead atoms. The summed E-state index contributed by atoms with van der Waals surface area (Å²) in [6.45, 7) is 5.10. The first kappa shape index (κ1) is 16.1. The third-order valence-electron chi connectivity index (χ3n) is 5.65. The second-order valence-electron chi connectivity index (χ2n) is 7.40. The lowest BCUT2D eigenvalue weighted by atomic mass is 9.57. The van der Waals surface area contributed by atoms with E-state index in [1.807, 2.05) is 24.3 Å². The SMILES string of the molecule is COc1ccc(-c2[nH]ncc2C(=O)N[C@@H]2[C@@H]3CCO[C@@H]3C2(C)C)cc1. The minimum atomic E-state index is -0.0945. The monoisotopic (exact) mass is 341 g/mol. The minimum absolute atomic E-state index is 0.0408. The van der Waals surface area contributed by atoms with Crippen LogP contribution in [0.1, 0.15) is 30.6 Å². The average molecular weight is 341 g/mol. The molecule has 1 saturated heterocycles. The molecule has 6 nitrogen and oxygen atoms in total. The number of amides is 1. The fourth-order valence-corrected chi connectivity index (χ4v) is 4.27. The predicted octanol–water partition coefficient (Wildman–Crippen LogP) is 2.63. The molecule has 3 atom stereocenters. The summed E-state index contributed by atoms with van der Waals surface area (Å²) in [5.41, 5.74) is 2.14. The summed E-state index contributed by atoms with van der Waals surface area (Å²) in [7, 11) is 1.63. The first-order chi connectivity index (χ1) is 12.0. The molecule has 0 unspecified atom stereocenters. The highest BCUT2D eigenvalue weighted by atomic mass is 16.5. The summed E-state index contributed by atoms with van der Waals surface area (Å²) in [5.74, 6) is 1.09. The van der Waals surface area contributed by atoms with Gasteiger partial charge in [0.1, 0.15) is 5.75 Å². The molecular weight excluding hydrogens is 318 g/mol. The zero-order chi connectivity index (χ0) is 17.6. The summed E-state index contributed by atoms with van der Waals surface area (Å²) in [4.78, 5) is 12.9. The third-order valence-corrected chi connectivity index (χ3v) is 5.65. The van der Waals surface area contributed by atoms with Gasteiger partial charge in [-0.2, -0.15) is 5.10 Å². The van der Waals surface area contributed by atoms with E-state index in [0.717, 1.165) is 30.0 Å². The third kappa shape index (κ3) is 2.52. The fourth-order valence-electron chi connectivity index (χ4n) is 4.27. The van der Waals surface area contributed by atoms with Crippen molar-refractivity contribution in [3.63, 3.8) is 0 Å². The quantitative estimate of drug-likeness (QED) is 0.896. The largest absolute Gasteiger partial charge is 0.497 e. The topological polar surface area (TPSA) is 76.2 Å². The number of carbonyl (C=O) groups excluding carboxylic acids is 1. The van der Waals surface area contributed by atoms with E-state index in [-0.39, 0.29) is 23.5 Å². The van der Waals surface area contributed by atoms with Gasteiger partial charge in [-0.25, -0.2) is 0 Å². The Kier molecular flexibility index (Phi) is 3.80. The Hall–Kier alpha value is -2.34. The molecule has 1 aliphatic carbocycles. The number of aromatic nitrogens is 2. The van der Waals surface area contributed by atoms with E-state index >= 15 is 0 Å². The zero-order valence-corrected chi connectivity index (χ0v) is 14.7. The molecule has 0 radical (unpaired) electrons. The first-order valence-electron chi connectivity index (χ1n) is 8.62. The lowest BCUT2D eigenvalue weighted by molar-refractivity contribution is -0.108.